The van der Waals surface area contributed by atoms with Crippen LogP contribution in [0.15, 0.2) is 0 Å². The molecule has 0 atom stereocenters. The van der Waals surface area contributed by atoms with Gasteiger partial charge in [0.1, 0.15) is 0 Å². The predicted octanol–water partition coefficient (Wildman–Crippen LogP) is 1.45. The Morgan fingerprint density at radius 3 is 2.40 bits per heavy atom. The summed E-state index contributed by atoms with van der Waals surface area (Å²) in [7, 11) is 0. The SMILES string of the molecule is CCCCOOC(=O)CCCC(=O)OO. The second kappa shape index (κ2) is 9.42. The maximum atomic E-state index is 10.9. The summed E-state index contributed by atoms with van der Waals surface area (Å²) in [6.45, 7) is 2.37. The quantitative estimate of drug-likeness (QED) is 0.378. The van der Waals surface area contributed by atoms with Crippen LogP contribution in [0.5, 0.6) is 0 Å². The molecule has 0 amide bonds. The fraction of sp³-hybridized carbons (Fsp3) is 0.778. The second-order valence-electron chi connectivity index (χ2n) is 2.95. The first kappa shape index (κ1) is 13.9. The number of rotatable bonds is 8. The molecule has 0 rings (SSSR count). The highest BCUT2D eigenvalue weighted by Gasteiger charge is 2.07. The molecule has 0 saturated heterocycles. The molecule has 0 heterocycles. The molecular formula is C9H16O6. The molecule has 1 N–H and O–H groups in total. The van der Waals surface area contributed by atoms with Crippen LogP contribution in [0.2, 0.25) is 0 Å². The summed E-state index contributed by atoms with van der Waals surface area (Å²) >= 11 is 0. The first-order valence-electron chi connectivity index (χ1n) is 4.87. The standard InChI is InChI=1S/C9H16O6/c1-2-3-7-13-15-9(11)6-4-5-8(10)14-12/h12H,2-7H2,1H3. The van der Waals surface area contributed by atoms with E-state index in [1.165, 1.54) is 0 Å². The van der Waals surface area contributed by atoms with Gasteiger partial charge in [-0.3, -0.25) is 4.89 Å². The summed E-state index contributed by atoms with van der Waals surface area (Å²) in [6.07, 6.45) is 2.07. The zero-order chi connectivity index (χ0) is 11.5. The Bertz CT molecular complexity index is 191. The van der Waals surface area contributed by atoms with E-state index in [1.54, 1.807) is 0 Å². The van der Waals surface area contributed by atoms with Crippen LogP contribution in [0.4, 0.5) is 0 Å². The third-order valence-electron chi connectivity index (χ3n) is 1.60. The first-order chi connectivity index (χ1) is 7.20. The van der Waals surface area contributed by atoms with Crippen molar-refractivity contribution < 1.29 is 29.5 Å². The molecule has 0 fully saturated rings. The zero-order valence-corrected chi connectivity index (χ0v) is 8.73. The van der Waals surface area contributed by atoms with Crippen molar-refractivity contribution in [2.75, 3.05) is 6.61 Å². The molecule has 0 aromatic rings. The third-order valence-corrected chi connectivity index (χ3v) is 1.60. The lowest BCUT2D eigenvalue weighted by molar-refractivity contribution is -0.272. The van der Waals surface area contributed by atoms with Crippen LogP contribution in [0, 0.1) is 0 Å². The van der Waals surface area contributed by atoms with Crippen LogP contribution in [-0.2, 0) is 24.3 Å². The summed E-state index contributed by atoms with van der Waals surface area (Å²) in [5.74, 6) is -1.30. The minimum Gasteiger partial charge on any atom is -0.301 e. The zero-order valence-electron chi connectivity index (χ0n) is 8.73. The monoisotopic (exact) mass is 220 g/mol. The molecule has 6 nitrogen and oxygen atoms in total. The lowest BCUT2D eigenvalue weighted by Gasteiger charge is -2.02. The number of hydrogen-bond donors (Lipinski definition) is 1. The van der Waals surface area contributed by atoms with Crippen molar-refractivity contribution in [1.29, 1.82) is 0 Å². The van der Waals surface area contributed by atoms with Gasteiger partial charge in [0, 0.05) is 12.8 Å². The number of unbranched alkanes of at least 4 members (excludes halogenated alkanes) is 1. The fourth-order valence-corrected chi connectivity index (χ4v) is 0.775. The van der Waals surface area contributed by atoms with Gasteiger partial charge < -0.3 is 4.89 Å². The first-order valence-corrected chi connectivity index (χ1v) is 4.87. The Kier molecular flexibility index (Phi) is 8.70. The van der Waals surface area contributed by atoms with Crippen molar-refractivity contribution >= 4 is 11.9 Å². The molecule has 0 aliphatic rings. The molecule has 6 heteroatoms. The fourth-order valence-electron chi connectivity index (χ4n) is 0.775. The largest absolute Gasteiger partial charge is 0.342 e. The van der Waals surface area contributed by atoms with E-state index in [4.69, 9.17) is 5.26 Å². The van der Waals surface area contributed by atoms with E-state index in [0.717, 1.165) is 12.8 Å². The summed E-state index contributed by atoms with van der Waals surface area (Å²) in [4.78, 5) is 33.8. The second-order valence-corrected chi connectivity index (χ2v) is 2.95. The van der Waals surface area contributed by atoms with Gasteiger partial charge in [0.2, 0.25) is 0 Å². The Labute approximate surface area is 88.0 Å². The van der Waals surface area contributed by atoms with E-state index in [9.17, 15) is 9.59 Å². The van der Waals surface area contributed by atoms with E-state index in [-0.39, 0.29) is 19.3 Å². The molecule has 0 aliphatic heterocycles. The van der Waals surface area contributed by atoms with Crippen LogP contribution in [0.1, 0.15) is 39.0 Å². The van der Waals surface area contributed by atoms with Gasteiger partial charge in [-0.2, -0.15) is 10.1 Å². The maximum absolute atomic E-state index is 10.9. The van der Waals surface area contributed by atoms with E-state index < -0.39 is 11.9 Å². The van der Waals surface area contributed by atoms with Gasteiger partial charge in [0.15, 0.2) is 0 Å². The van der Waals surface area contributed by atoms with Crippen LogP contribution in [-0.4, -0.2) is 23.8 Å². The highest BCUT2D eigenvalue weighted by Crippen LogP contribution is 2.00. The molecule has 88 valence electrons. The topological polar surface area (TPSA) is 82.1 Å². The average Bonchev–Trinajstić information content (AvgIpc) is 2.24. The Hall–Kier alpha value is -1.14. The van der Waals surface area contributed by atoms with Gasteiger partial charge in [0.25, 0.3) is 0 Å². The summed E-state index contributed by atoms with van der Waals surface area (Å²) < 4.78 is 0. The normalized spacial score (nSPS) is 9.73. The van der Waals surface area contributed by atoms with Crippen LogP contribution in [0.3, 0.4) is 0 Å². The van der Waals surface area contributed by atoms with E-state index in [2.05, 4.69) is 14.7 Å². The molecule has 0 aliphatic carbocycles. The molecule has 15 heavy (non-hydrogen) atoms. The Balaban J connectivity index is 3.29. The molecule has 0 bridgehead atoms. The van der Waals surface area contributed by atoms with Crippen LogP contribution >= 0.6 is 0 Å². The van der Waals surface area contributed by atoms with Crippen LogP contribution < -0.4 is 0 Å². The highest BCUT2D eigenvalue weighted by molar-refractivity contribution is 5.71. The number of carbonyl (C=O) groups excluding carboxylic acids is 2. The van der Waals surface area contributed by atoms with Crippen molar-refractivity contribution in [2.45, 2.75) is 39.0 Å². The van der Waals surface area contributed by atoms with Gasteiger partial charge in [0.05, 0.1) is 6.61 Å². The highest BCUT2D eigenvalue weighted by atomic mass is 17.2. The van der Waals surface area contributed by atoms with E-state index in [1.807, 2.05) is 6.92 Å². The molecule has 0 radical (unpaired) electrons. The summed E-state index contributed by atoms with van der Waals surface area (Å²) in [5, 5.41) is 7.91. The Morgan fingerprint density at radius 1 is 1.13 bits per heavy atom. The summed E-state index contributed by atoms with van der Waals surface area (Å²) in [6, 6.07) is 0. The number of hydrogen-bond acceptors (Lipinski definition) is 6. The van der Waals surface area contributed by atoms with E-state index >= 15 is 0 Å². The molecular weight excluding hydrogens is 204 g/mol. The Morgan fingerprint density at radius 2 is 1.80 bits per heavy atom. The van der Waals surface area contributed by atoms with Gasteiger partial charge >= 0.3 is 11.9 Å². The third kappa shape index (κ3) is 9.17. The van der Waals surface area contributed by atoms with Gasteiger partial charge in [-0.05, 0) is 12.8 Å². The van der Waals surface area contributed by atoms with Crippen LogP contribution in [0.25, 0.3) is 0 Å². The molecule has 0 saturated carbocycles. The molecule has 0 unspecified atom stereocenters. The van der Waals surface area contributed by atoms with Gasteiger partial charge in [-0.1, -0.05) is 13.3 Å². The van der Waals surface area contributed by atoms with Gasteiger partial charge in [-0.25, -0.2) is 9.59 Å². The predicted molar refractivity (Wildman–Crippen MR) is 49.5 cm³/mol. The van der Waals surface area contributed by atoms with Gasteiger partial charge in [-0.15, -0.1) is 0 Å². The van der Waals surface area contributed by atoms with Crippen molar-refractivity contribution in [3.63, 3.8) is 0 Å². The maximum Gasteiger partial charge on any atom is 0.342 e. The number of carbonyl (C=O) groups is 2. The average molecular weight is 220 g/mol. The molecule has 0 spiro atoms. The van der Waals surface area contributed by atoms with Crippen molar-refractivity contribution in [3.8, 4) is 0 Å². The summed E-state index contributed by atoms with van der Waals surface area (Å²) in [5.41, 5.74) is 0. The minimum atomic E-state index is -0.769. The lowest BCUT2D eigenvalue weighted by Crippen LogP contribution is -2.08. The smallest absolute Gasteiger partial charge is 0.301 e. The van der Waals surface area contributed by atoms with Crippen molar-refractivity contribution in [3.05, 3.63) is 0 Å². The van der Waals surface area contributed by atoms with E-state index in [0.29, 0.717) is 6.61 Å². The minimum absolute atomic E-state index is 0.0272. The molecule has 0 aromatic carbocycles. The van der Waals surface area contributed by atoms with Crippen molar-refractivity contribution in [2.24, 2.45) is 0 Å². The molecule has 0 aromatic heterocycles. The van der Waals surface area contributed by atoms with Crippen molar-refractivity contribution in [1.82, 2.24) is 0 Å². The lowest BCUT2D eigenvalue weighted by atomic mass is 10.2.